The highest BCUT2D eigenvalue weighted by Crippen LogP contribution is 2.27. The molecule has 2 atom stereocenters. The molecular formula is C10H16N4O2S. The van der Waals surface area contributed by atoms with Crippen LogP contribution in [0.3, 0.4) is 0 Å². The van der Waals surface area contributed by atoms with Crippen LogP contribution in [0.5, 0.6) is 5.88 Å². The summed E-state index contributed by atoms with van der Waals surface area (Å²) >= 11 is 1.85. The van der Waals surface area contributed by atoms with Crippen molar-refractivity contribution < 1.29 is 9.47 Å². The lowest BCUT2D eigenvalue weighted by Crippen LogP contribution is -2.42. The Morgan fingerprint density at radius 2 is 2.41 bits per heavy atom. The molecule has 2 heterocycles. The van der Waals surface area contributed by atoms with E-state index in [1.165, 1.54) is 0 Å². The van der Waals surface area contributed by atoms with E-state index >= 15 is 0 Å². The van der Waals surface area contributed by atoms with Crippen LogP contribution in [0.1, 0.15) is 11.7 Å². The lowest BCUT2D eigenvalue weighted by Gasteiger charge is -2.29. The molecule has 0 saturated carbocycles. The maximum absolute atomic E-state index is 5.70. The number of aromatic nitrogens is 2. The van der Waals surface area contributed by atoms with Gasteiger partial charge < -0.3 is 9.47 Å². The number of hydrogen-bond donors (Lipinski definition) is 2. The van der Waals surface area contributed by atoms with Crippen LogP contribution in [0, 0.1) is 0 Å². The average Bonchev–Trinajstić information content (AvgIpc) is 2.41. The highest BCUT2D eigenvalue weighted by Gasteiger charge is 2.29. The van der Waals surface area contributed by atoms with Crippen LogP contribution in [-0.2, 0) is 4.74 Å². The number of methoxy groups -OCH3 is 1. The SMILES string of the molecule is COc1nccnc1C(NN)C1CSCCO1. The molecule has 2 unspecified atom stereocenters. The second-order valence-electron chi connectivity index (χ2n) is 3.58. The van der Waals surface area contributed by atoms with E-state index in [1.807, 2.05) is 11.8 Å². The summed E-state index contributed by atoms with van der Waals surface area (Å²) in [6.45, 7) is 0.732. The Morgan fingerprint density at radius 3 is 3.06 bits per heavy atom. The van der Waals surface area contributed by atoms with E-state index in [0.717, 1.165) is 18.1 Å². The third-order valence-corrected chi connectivity index (χ3v) is 3.59. The highest BCUT2D eigenvalue weighted by atomic mass is 32.2. The van der Waals surface area contributed by atoms with E-state index in [4.69, 9.17) is 15.3 Å². The zero-order chi connectivity index (χ0) is 12.1. The van der Waals surface area contributed by atoms with Gasteiger partial charge in [-0.25, -0.2) is 10.4 Å². The minimum Gasteiger partial charge on any atom is -0.480 e. The third kappa shape index (κ3) is 2.86. The van der Waals surface area contributed by atoms with Crippen molar-refractivity contribution in [1.82, 2.24) is 15.4 Å². The second kappa shape index (κ2) is 6.15. The Morgan fingerprint density at radius 1 is 1.59 bits per heavy atom. The van der Waals surface area contributed by atoms with Crippen LogP contribution in [0.4, 0.5) is 0 Å². The fourth-order valence-corrected chi connectivity index (χ4v) is 2.67. The summed E-state index contributed by atoms with van der Waals surface area (Å²) in [4.78, 5) is 8.39. The molecule has 7 heteroatoms. The number of ether oxygens (including phenoxy) is 2. The van der Waals surface area contributed by atoms with Crippen molar-refractivity contribution in [2.24, 2.45) is 5.84 Å². The first-order valence-electron chi connectivity index (χ1n) is 5.37. The molecule has 0 amide bonds. The van der Waals surface area contributed by atoms with Crippen molar-refractivity contribution in [2.75, 3.05) is 25.2 Å². The summed E-state index contributed by atoms with van der Waals surface area (Å²) in [5, 5.41) is 0. The molecule has 1 aromatic heterocycles. The molecule has 0 bridgehead atoms. The predicted molar refractivity (Wildman–Crippen MR) is 65.7 cm³/mol. The Hall–Kier alpha value is -0.890. The molecule has 17 heavy (non-hydrogen) atoms. The van der Waals surface area contributed by atoms with Crippen LogP contribution in [0.15, 0.2) is 12.4 Å². The number of nitrogens with one attached hydrogen (secondary N) is 1. The summed E-state index contributed by atoms with van der Waals surface area (Å²) in [6, 6.07) is -0.202. The van der Waals surface area contributed by atoms with Gasteiger partial charge in [0.2, 0.25) is 5.88 Å². The van der Waals surface area contributed by atoms with Crippen LogP contribution in [0.25, 0.3) is 0 Å². The van der Waals surface area contributed by atoms with Gasteiger partial charge in [-0.1, -0.05) is 0 Å². The Balaban J connectivity index is 2.21. The Bertz CT molecular complexity index is 360. The molecule has 2 rings (SSSR count). The molecule has 0 aliphatic carbocycles. The van der Waals surface area contributed by atoms with Crippen molar-refractivity contribution in [3.63, 3.8) is 0 Å². The Kier molecular flexibility index (Phi) is 4.55. The summed E-state index contributed by atoms with van der Waals surface area (Å²) in [6.07, 6.45) is 3.20. The fourth-order valence-electron chi connectivity index (χ4n) is 1.77. The van der Waals surface area contributed by atoms with E-state index < -0.39 is 0 Å². The molecule has 1 aliphatic rings. The molecule has 3 N–H and O–H groups in total. The molecule has 1 saturated heterocycles. The molecule has 1 aliphatic heterocycles. The maximum Gasteiger partial charge on any atom is 0.237 e. The zero-order valence-electron chi connectivity index (χ0n) is 9.63. The summed E-state index contributed by atoms with van der Waals surface area (Å²) in [5.74, 6) is 7.98. The molecule has 0 spiro atoms. The predicted octanol–water partition coefficient (Wildman–Crippen LogP) is 0.122. The van der Waals surface area contributed by atoms with E-state index in [9.17, 15) is 0 Å². The van der Waals surface area contributed by atoms with Gasteiger partial charge in [-0.15, -0.1) is 0 Å². The topological polar surface area (TPSA) is 82.3 Å². The van der Waals surface area contributed by atoms with Gasteiger partial charge in [0.05, 0.1) is 25.9 Å². The van der Waals surface area contributed by atoms with Gasteiger partial charge in [-0.2, -0.15) is 11.8 Å². The number of nitrogens with zero attached hydrogens (tertiary/aromatic N) is 2. The summed E-state index contributed by atoms with van der Waals surface area (Å²) < 4.78 is 10.9. The minimum absolute atomic E-state index is 0.00986. The number of nitrogens with two attached hydrogens (primary N) is 1. The summed E-state index contributed by atoms with van der Waals surface area (Å²) in [5.41, 5.74) is 3.43. The minimum atomic E-state index is -0.202. The van der Waals surface area contributed by atoms with Gasteiger partial charge in [0, 0.05) is 23.9 Å². The third-order valence-electron chi connectivity index (χ3n) is 2.57. The lowest BCUT2D eigenvalue weighted by molar-refractivity contribution is 0.0448. The monoisotopic (exact) mass is 256 g/mol. The van der Waals surface area contributed by atoms with Crippen molar-refractivity contribution >= 4 is 11.8 Å². The van der Waals surface area contributed by atoms with E-state index in [2.05, 4.69) is 15.4 Å². The highest BCUT2D eigenvalue weighted by molar-refractivity contribution is 7.99. The van der Waals surface area contributed by atoms with Crippen molar-refractivity contribution in [3.05, 3.63) is 18.1 Å². The normalized spacial score (nSPS) is 22.1. The van der Waals surface area contributed by atoms with Crippen molar-refractivity contribution in [1.29, 1.82) is 0 Å². The fraction of sp³-hybridized carbons (Fsp3) is 0.600. The molecule has 1 fully saturated rings. The zero-order valence-corrected chi connectivity index (χ0v) is 10.4. The van der Waals surface area contributed by atoms with Crippen molar-refractivity contribution in [2.45, 2.75) is 12.1 Å². The first kappa shape index (κ1) is 12.6. The standard InChI is InChI=1S/C10H16N4O2S/c1-15-10-9(12-2-3-13-10)8(14-11)7-6-17-5-4-16-7/h2-3,7-8,14H,4-6,11H2,1H3. The largest absolute Gasteiger partial charge is 0.480 e. The number of hydrogen-bond acceptors (Lipinski definition) is 7. The first-order valence-corrected chi connectivity index (χ1v) is 6.52. The molecule has 6 nitrogen and oxygen atoms in total. The Labute approximate surface area is 104 Å². The maximum atomic E-state index is 5.70. The molecular weight excluding hydrogens is 240 g/mol. The smallest absolute Gasteiger partial charge is 0.237 e. The van der Waals surface area contributed by atoms with Crippen LogP contribution >= 0.6 is 11.8 Å². The number of thioether (sulfide) groups is 1. The number of hydrazine groups is 1. The van der Waals surface area contributed by atoms with E-state index in [-0.39, 0.29) is 12.1 Å². The van der Waals surface area contributed by atoms with Gasteiger partial charge in [0.15, 0.2) is 0 Å². The van der Waals surface area contributed by atoms with Gasteiger partial charge in [0.25, 0.3) is 0 Å². The molecule has 94 valence electrons. The molecule has 1 aromatic rings. The quantitative estimate of drug-likeness (QED) is 0.585. The van der Waals surface area contributed by atoms with E-state index in [1.54, 1.807) is 19.5 Å². The van der Waals surface area contributed by atoms with E-state index in [0.29, 0.717) is 11.6 Å². The van der Waals surface area contributed by atoms with Gasteiger partial charge in [-0.3, -0.25) is 10.8 Å². The molecule has 0 radical (unpaired) electrons. The van der Waals surface area contributed by atoms with Crippen LogP contribution in [-0.4, -0.2) is 41.3 Å². The van der Waals surface area contributed by atoms with Crippen LogP contribution in [0.2, 0.25) is 0 Å². The van der Waals surface area contributed by atoms with Gasteiger partial charge in [-0.05, 0) is 0 Å². The lowest BCUT2D eigenvalue weighted by atomic mass is 10.1. The second-order valence-corrected chi connectivity index (χ2v) is 4.73. The van der Waals surface area contributed by atoms with Crippen molar-refractivity contribution in [3.8, 4) is 5.88 Å². The first-order chi connectivity index (χ1) is 8.36. The average molecular weight is 256 g/mol. The van der Waals surface area contributed by atoms with Crippen LogP contribution < -0.4 is 16.0 Å². The summed E-state index contributed by atoms with van der Waals surface area (Å²) in [7, 11) is 1.57. The molecule has 0 aromatic carbocycles. The van der Waals surface area contributed by atoms with Gasteiger partial charge in [0.1, 0.15) is 5.69 Å². The number of rotatable bonds is 4. The van der Waals surface area contributed by atoms with Gasteiger partial charge >= 0.3 is 0 Å².